The Morgan fingerprint density at radius 1 is 0.833 bits per heavy atom. The Morgan fingerprint density at radius 3 is 2.08 bits per heavy atom. The second-order valence-electron chi connectivity index (χ2n) is 8.83. The van der Waals surface area contributed by atoms with Crippen molar-refractivity contribution >= 4 is 52.3 Å². The SMILES string of the molecule is COc1ccc(N2C(=O)[C@H]3[C@@H](c4cccc(Cl)c4Cl)OC4(C(=O)c5ccccc5C4=O)[C@H]3C2=O)cc1. The van der Waals surface area contributed by atoms with E-state index in [0.29, 0.717) is 17.0 Å². The smallest absolute Gasteiger partial charge is 0.241 e. The Balaban J connectivity index is 1.55. The molecule has 2 saturated heterocycles. The molecule has 2 amide bonds. The van der Waals surface area contributed by atoms with Gasteiger partial charge in [-0.25, -0.2) is 4.90 Å². The van der Waals surface area contributed by atoms with Gasteiger partial charge >= 0.3 is 0 Å². The maximum absolute atomic E-state index is 13.9. The van der Waals surface area contributed by atoms with Gasteiger partial charge in [-0.05, 0) is 30.3 Å². The number of hydrogen-bond acceptors (Lipinski definition) is 6. The molecule has 0 saturated carbocycles. The van der Waals surface area contributed by atoms with Gasteiger partial charge in [-0.1, -0.05) is 59.6 Å². The summed E-state index contributed by atoms with van der Waals surface area (Å²) in [5.41, 5.74) is -1.25. The van der Waals surface area contributed by atoms with E-state index in [4.69, 9.17) is 32.7 Å². The fourth-order valence-electron chi connectivity index (χ4n) is 5.53. The third kappa shape index (κ3) is 2.85. The number of carbonyl (C=O) groups is 4. The van der Waals surface area contributed by atoms with Crippen molar-refractivity contribution in [1.29, 1.82) is 0 Å². The number of halogens is 2. The molecule has 9 heteroatoms. The zero-order valence-electron chi connectivity index (χ0n) is 18.7. The Morgan fingerprint density at radius 2 is 1.47 bits per heavy atom. The Labute approximate surface area is 215 Å². The number of rotatable bonds is 3. The number of imide groups is 1. The molecule has 3 aliphatic rings. The van der Waals surface area contributed by atoms with Crippen LogP contribution in [-0.2, 0) is 14.3 Å². The lowest BCUT2D eigenvalue weighted by Crippen LogP contribution is -2.51. The lowest BCUT2D eigenvalue weighted by molar-refractivity contribution is -0.127. The van der Waals surface area contributed by atoms with Crippen LogP contribution in [0.25, 0.3) is 0 Å². The highest BCUT2D eigenvalue weighted by Crippen LogP contribution is 2.58. The van der Waals surface area contributed by atoms with Gasteiger partial charge in [0.1, 0.15) is 5.75 Å². The summed E-state index contributed by atoms with van der Waals surface area (Å²) in [6, 6.07) is 17.5. The normalized spacial score (nSPS) is 24.0. The van der Waals surface area contributed by atoms with Crippen LogP contribution in [0.2, 0.25) is 10.0 Å². The Kier molecular flexibility index (Phi) is 5.09. The topological polar surface area (TPSA) is 90.0 Å². The number of fused-ring (bicyclic) bond motifs is 3. The van der Waals surface area contributed by atoms with Crippen molar-refractivity contribution in [3.05, 3.63) is 93.5 Å². The molecule has 0 N–H and O–H groups in total. The van der Waals surface area contributed by atoms with Crippen LogP contribution in [0.4, 0.5) is 5.69 Å². The Bertz CT molecular complexity index is 1450. The van der Waals surface area contributed by atoms with E-state index in [1.807, 2.05) is 0 Å². The summed E-state index contributed by atoms with van der Waals surface area (Å²) in [4.78, 5) is 56.3. The van der Waals surface area contributed by atoms with Crippen LogP contribution in [0.1, 0.15) is 32.4 Å². The molecule has 0 aromatic heterocycles. The highest BCUT2D eigenvalue weighted by atomic mass is 35.5. The molecule has 1 spiro atoms. The predicted octanol–water partition coefficient (Wildman–Crippen LogP) is 4.70. The maximum Gasteiger partial charge on any atom is 0.241 e. The summed E-state index contributed by atoms with van der Waals surface area (Å²) in [5.74, 6) is -4.57. The van der Waals surface area contributed by atoms with Crippen molar-refractivity contribution in [2.75, 3.05) is 12.0 Å². The van der Waals surface area contributed by atoms with Gasteiger partial charge < -0.3 is 9.47 Å². The number of ketones is 2. The molecule has 2 aliphatic heterocycles. The molecule has 36 heavy (non-hydrogen) atoms. The number of benzene rings is 3. The van der Waals surface area contributed by atoms with Crippen molar-refractivity contribution in [1.82, 2.24) is 0 Å². The number of ether oxygens (including phenoxy) is 2. The average Bonchev–Trinajstić information content (AvgIpc) is 3.46. The largest absolute Gasteiger partial charge is 0.497 e. The molecule has 1 aliphatic carbocycles. The fourth-order valence-corrected chi connectivity index (χ4v) is 5.94. The maximum atomic E-state index is 13.9. The van der Waals surface area contributed by atoms with Crippen LogP contribution >= 0.6 is 23.2 Å². The number of carbonyl (C=O) groups excluding carboxylic acids is 4. The molecule has 0 unspecified atom stereocenters. The zero-order valence-corrected chi connectivity index (χ0v) is 20.2. The van der Waals surface area contributed by atoms with Crippen LogP contribution < -0.4 is 9.64 Å². The molecule has 0 radical (unpaired) electrons. The van der Waals surface area contributed by atoms with Gasteiger partial charge in [0, 0.05) is 16.7 Å². The lowest BCUT2D eigenvalue weighted by atomic mass is 9.77. The molecule has 3 atom stereocenters. The van der Waals surface area contributed by atoms with Crippen molar-refractivity contribution in [3.63, 3.8) is 0 Å². The quantitative estimate of drug-likeness (QED) is 0.366. The van der Waals surface area contributed by atoms with Gasteiger partial charge in [-0.3, -0.25) is 19.2 Å². The van der Waals surface area contributed by atoms with E-state index in [-0.39, 0.29) is 21.2 Å². The standard InChI is InChI=1S/C27H17Cl2NO6/c1-35-14-11-9-13(10-12-14)30-25(33)19-20(26(30)34)27(23(31)15-5-2-3-6-16(15)24(27)32)36-22(19)17-7-4-8-18(28)21(17)29/h2-12,19-20,22H,1H3/t19-,20-,22-/m1/s1. The molecule has 2 fully saturated rings. The van der Waals surface area contributed by atoms with Crippen molar-refractivity contribution in [2.45, 2.75) is 11.7 Å². The lowest BCUT2D eigenvalue weighted by Gasteiger charge is -2.27. The summed E-state index contributed by atoms with van der Waals surface area (Å²) in [7, 11) is 1.50. The number of hydrogen-bond donors (Lipinski definition) is 0. The third-order valence-corrected chi connectivity index (χ3v) is 7.97. The summed E-state index contributed by atoms with van der Waals surface area (Å²) in [6.45, 7) is 0. The van der Waals surface area contributed by atoms with E-state index >= 15 is 0 Å². The van der Waals surface area contributed by atoms with Crippen LogP contribution in [0.5, 0.6) is 5.75 Å². The monoisotopic (exact) mass is 521 g/mol. The van der Waals surface area contributed by atoms with E-state index in [1.54, 1.807) is 54.6 Å². The van der Waals surface area contributed by atoms with Gasteiger partial charge in [-0.2, -0.15) is 0 Å². The summed E-state index contributed by atoms with van der Waals surface area (Å²) < 4.78 is 11.4. The molecule has 7 nitrogen and oxygen atoms in total. The minimum Gasteiger partial charge on any atom is -0.497 e. The minimum atomic E-state index is -2.18. The van der Waals surface area contributed by atoms with Crippen LogP contribution in [0, 0.1) is 11.8 Å². The zero-order chi connectivity index (χ0) is 25.4. The predicted molar refractivity (Wildman–Crippen MR) is 131 cm³/mol. The molecule has 3 aromatic rings. The van der Waals surface area contributed by atoms with Crippen LogP contribution in [-0.4, -0.2) is 36.1 Å². The molecular formula is C27H17Cl2NO6. The van der Waals surface area contributed by atoms with Crippen LogP contribution in [0.15, 0.2) is 66.7 Å². The first kappa shape index (κ1) is 22.9. The third-order valence-electron chi connectivity index (χ3n) is 7.14. The molecule has 2 heterocycles. The number of anilines is 1. The minimum absolute atomic E-state index is 0.124. The fraction of sp³-hybridized carbons (Fsp3) is 0.185. The number of amides is 2. The van der Waals surface area contributed by atoms with Gasteiger partial charge in [0.05, 0.1) is 40.8 Å². The number of Topliss-reactive ketones (excluding diaryl/α,β-unsaturated/α-hetero) is 2. The van der Waals surface area contributed by atoms with E-state index in [9.17, 15) is 19.2 Å². The second-order valence-corrected chi connectivity index (χ2v) is 9.62. The summed E-state index contributed by atoms with van der Waals surface area (Å²) in [6.07, 6.45) is -1.15. The summed E-state index contributed by atoms with van der Waals surface area (Å²) >= 11 is 12.7. The van der Waals surface area contributed by atoms with Crippen molar-refractivity contribution in [2.24, 2.45) is 11.8 Å². The highest BCUT2D eigenvalue weighted by molar-refractivity contribution is 6.42. The molecule has 6 rings (SSSR count). The highest BCUT2D eigenvalue weighted by Gasteiger charge is 2.75. The Hall–Kier alpha value is -3.52. The van der Waals surface area contributed by atoms with Crippen molar-refractivity contribution < 1.29 is 28.7 Å². The molecule has 3 aromatic carbocycles. The van der Waals surface area contributed by atoms with Gasteiger partial charge in [0.25, 0.3) is 0 Å². The van der Waals surface area contributed by atoms with Crippen molar-refractivity contribution in [3.8, 4) is 5.75 Å². The van der Waals surface area contributed by atoms with Gasteiger partial charge in [-0.15, -0.1) is 0 Å². The van der Waals surface area contributed by atoms with Gasteiger partial charge in [0.2, 0.25) is 29.0 Å². The van der Waals surface area contributed by atoms with E-state index in [1.165, 1.54) is 19.2 Å². The van der Waals surface area contributed by atoms with E-state index in [0.717, 1.165) is 4.90 Å². The first-order valence-corrected chi connectivity index (χ1v) is 11.9. The average molecular weight is 522 g/mol. The first-order valence-electron chi connectivity index (χ1n) is 11.1. The van der Waals surface area contributed by atoms with Gasteiger partial charge in [0.15, 0.2) is 0 Å². The van der Waals surface area contributed by atoms with E-state index < -0.39 is 46.9 Å². The molecule has 0 bridgehead atoms. The second kappa shape index (κ2) is 8.00. The number of nitrogens with zero attached hydrogens (tertiary/aromatic N) is 1. The number of methoxy groups -OCH3 is 1. The molecular weight excluding hydrogens is 505 g/mol. The molecule has 180 valence electrons. The van der Waals surface area contributed by atoms with Crippen LogP contribution in [0.3, 0.4) is 0 Å². The first-order chi connectivity index (χ1) is 17.3. The summed E-state index contributed by atoms with van der Waals surface area (Å²) in [5, 5.41) is 0.338. The van der Waals surface area contributed by atoms with E-state index in [2.05, 4.69) is 0 Å².